The van der Waals surface area contributed by atoms with Gasteiger partial charge in [0.2, 0.25) is 0 Å². The molecule has 0 spiro atoms. The summed E-state index contributed by atoms with van der Waals surface area (Å²) in [7, 11) is 0. The van der Waals surface area contributed by atoms with Gasteiger partial charge >= 0.3 is 6.09 Å². The van der Waals surface area contributed by atoms with E-state index in [-0.39, 0.29) is 11.4 Å². The fourth-order valence-electron chi connectivity index (χ4n) is 1.60. The number of hydrogen-bond donors (Lipinski definition) is 4. The second-order valence-corrected chi connectivity index (χ2v) is 5.50. The maximum atomic E-state index is 11.6. The Morgan fingerprint density at radius 3 is 2.60 bits per heavy atom. The molecule has 0 aliphatic heterocycles. The van der Waals surface area contributed by atoms with Gasteiger partial charge in [-0.1, -0.05) is 6.07 Å². The van der Waals surface area contributed by atoms with Gasteiger partial charge in [-0.05, 0) is 51.4 Å². The lowest BCUT2D eigenvalue weighted by Crippen LogP contribution is -2.27. The fourth-order valence-corrected chi connectivity index (χ4v) is 1.60. The number of nitrogens with one attached hydrogen (secondary N) is 1. The van der Waals surface area contributed by atoms with E-state index < -0.39 is 17.8 Å². The van der Waals surface area contributed by atoms with Gasteiger partial charge in [0.15, 0.2) is 0 Å². The summed E-state index contributed by atoms with van der Waals surface area (Å²) in [4.78, 5) is 11.6. The molecule has 6 heteroatoms. The third-order valence-electron chi connectivity index (χ3n) is 2.48. The number of aromatic hydroxyl groups is 1. The third kappa shape index (κ3) is 5.07. The Morgan fingerprint density at radius 2 is 2.10 bits per heavy atom. The lowest BCUT2D eigenvalue weighted by atomic mass is 10.1. The summed E-state index contributed by atoms with van der Waals surface area (Å²) >= 11 is 0. The Morgan fingerprint density at radius 1 is 1.45 bits per heavy atom. The lowest BCUT2D eigenvalue weighted by molar-refractivity contribution is 0.0635. The van der Waals surface area contributed by atoms with E-state index in [1.54, 1.807) is 26.8 Å². The molecule has 1 atom stereocenters. The van der Waals surface area contributed by atoms with Crippen molar-refractivity contribution < 1.29 is 19.7 Å². The first-order valence-corrected chi connectivity index (χ1v) is 6.44. The van der Waals surface area contributed by atoms with Crippen molar-refractivity contribution in [2.24, 2.45) is 5.73 Å². The summed E-state index contributed by atoms with van der Waals surface area (Å²) < 4.78 is 5.09. The van der Waals surface area contributed by atoms with Gasteiger partial charge in [-0.15, -0.1) is 0 Å². The van der Waals surface area contributed by atoms with Crippen molar-refractivity contribution in [2.45, 2.75) is 38.9 Å². The van der Waals surface area contributed by atoms with Crippen molar-refractivity contribution in [2.75, 3.05) is 11.9 Å². The van der Waals surface area contributed by atoms with Crippen LogP contribution in [0.25, 0.3) is 0 Å². The van der Waals surface area contributed by atoms with Crippen LogP contribution < -0.4 is 11.1 Å². The monoisotopic (exact) mass is 282 g/mol. The number of aliphatic hydroxyl groups is 1. The van der Waals surface area contributed by atoms with Crippen molar-refractivity contribution in [3.05, 3.63) is 23.8 Å². The molecule has 0 heterocycles. The molecule has 0 bridgehead atoms. The van der Waals surface area contributed by atoms with Gasteiger partial charge in [0.25, 0.3) is 0 Å². The highest BCUT2D eigenvalue weighted by molar-refractivity contribution is 5.86. The third-order valence-corrected chi connectivity index (χ3v) is 2.48. The number of amides is 1. The first kappa shape index (κ1) is 16.3. The normalized spacial score (nSPS) is 12.8. The van der Waals surface area contributed by atoms with Crippen LogP contribution in [0.5, 0.6) is 5.75 Å². The van der Waals surface area contributed by atoms with E-state index in [0.29, 0.717) is 18.5 Å². The summed E-state index contributed by atoms with van der Waals surface area (Å²) in [5.41, 5.74) is 5.52. The van der Waals surface area contributed by atoms with Crippen LogP contribution in [0.1, 0.15) is 38.9 Å². The number of nitrogens with two attached hydrogens (primary N) is 1. The highest BCUT2D eigenvalue weighted by Crippen LogP contribution is 2.28. The second kappa shape index (κ2) is 6.58. The number of rotatable bonds is 4. The van der Waals surface area contributed by atoms with Crippen molar-refractivity contribution in [1.29, 1.82) is 0 Å². The Hall–Kier alpha value is -1.79. The smallest absolute Gasteiger partial charge is 0.412 e. The van der Waals surface area contributed by atoms with E-state index in [2.05, 4.69) is 5.32 Å². The number of phenolic OH excluding ortho intramolecular Hbond substituents is 1. The van der Waals surface area contributed by atoms with Crippen LogP contribution in [0.15, 0.2) is 18.2 Å². The summed E-state index contributed by atoms with van der Waals surface area (Å²) in [6, 6.07) is 4.52. The van der Waals surface area contributed by atoms with Crippen molar-refractivity contribution in [3.8, 4) is 5.75 Å². The summed E-state index contributed by atoms with van der Waals surface area (Å²) in [5.74, 6) is -0.135. The van der Waals surface area contributed by atoms with Gasteiger partial charge in [-0.3, -0.25) is 5.32 Å². The molecule has 0 unspecified atom stereocenters. The standard InChI is InChI=1S/C14H22N2O4/c1-14(2,3)20-13(19)16-10-5-4-9(8-12(10)18)11(17)6-7-15/h4-5,8,11,17-18H,6-7,15H2,1-3H3,(H,16,19)/t11-/m1/s1. The number of anilines is 1. The van der Waals surface area contributed by atoms with E-state index in [0.717, 1.165) is 0 Å². The number of hydrogen-bond acceptors (Lipinski definition) is 5. The molecule has 5 N–H and O–H groups in total. The number of aliphatic hydroxyl groups excluding tert-OH is 1. The van der Waals surface area contributed by atoms with E-state index >= 15 is 0 Å². The van der Waals surface area contributed by atoms with Gasteiger partial charge in [-0.25, -0.2) is 4.79 Å². The molecule has 0 radical (unpaired) electrons. The average Bonchev–Trinajstić information content (AvgIpc) is 2.29. The summed E-state index contributed by atoms with van der Waals surface area (Å²) in [5, 5.41) is 22.1. The van der Waals surface area contributed by atoms with Crippen molar-refractivity contribution in [3.63, 3.8) is 0 Å². The van der Waals surface area contributed by atoms with Gasteiger partial charge < -0.3 is 20.7 Å². The summed E-state index contributed by atoms with van der Waals surface area (Å²) in [6.07, 6.45) is -0.984. The number of benzene rings is 1. The van der Waals surface area contributed by atoms with Crippen LogP contribution in [0.3, 0.4) is 0 Å². The predicted molar refractivity (Wildman–Crippen MR) is 76.6 cm³/mol. The van der Waals surface area contributed by atoms with E-state index in [1.165, 1.54) is 12.1 Å². The zero-order valence-electron chi connectivity index (χ0n) is 12.0. The van der Waals surface area contributed by atoms with Crippen molar-refractivity contribution >= 4 is 11.8 Å². The molecule has 0 aromatic heterocycles. The SMILES string of the molecule is CC(C)(C)OC(=O)Nc1ccc([C@H](O)CCN)cc1O. The topological polar surface area (TPSA) is 105 Å². The molecule has 0 saturated heterocycles. The maximum absolute atomic E-state index is 11.6. The molecular formula is C14H22N2O4. The largest absolute Gasteiger partial charge is 0.506 e. The average molecular weight is 282 g/mol. The molecule has 20 heavy (non-hydrogen) atoms. The number of phenols is 1. The highest BCUT2D eigenvalue weighted by atomic mass is 16.6. The zero-order chi connectivity index (χ0) is 15.3. The number of carbonyl (C=O) groups is 1. The number of carbonyl (C=O) groups excluding carboxylic acids is 1. The zero-order valence-corrected chi connectivity index (χ0v) is 12.0. The highest BCUT2D eigenvalue weighted by Gasteiger charge is 2.17. The Kier molecular flexibility index (Phi) is 5.35. The molecule has 0 aliphatic rings. The minimum absolute atomic E-state index is 0.135. The lowest BCUT2D eigenvalue weighted by Gasteiger charge is -2.20. The van der Waals surface area contributed by atoms with Crippen LogP contribution in [-0.2, 0) is 4.74 Å². The fraction of sp³-hybridized carbons (Fsp3) is 0.500. The molecule has 0 aliphatic carbocycles. The molecule has 112 valence electrons. The summed E-state index contributed by atoms with van der Waals surface area (Å²) in [6.45, 7) is 5.59. The van der Waals surface area contributed by atoms with Gasteiger partial charge in [0, 0.05) is 0 Å². The second-order valence-electron chi connectivity index (χ2n) is 5.50. The van der Waals surface area contributed by atoms with Crippen LogP contribution >= 0.6 is 0 Å². The van der Waals surface area contributed by atoms with E-state index in [4.69, 9.17) is 10.5 Å². The number of ether oxygens (including phenoxy) is 1. The van der Waals surface area contributed by atoms with Crippen LogP contribution in [0.4, 0.5) is 10.5 Å². The minimum atomic E-state index is -0.735. The molecule has 1 amide bonds. The minimum Gasteiger partial charge on any atom is -0.506 e. The molecular weight excluding hydrogens is 260 g/mol. The predicted octanol–water partition coefficient (Wildman–Crippen LogP) is 2.12. The molecule has 6 nitrogen and oxygen atoms in total. The first-order chi connectivity index (χ1) is 9.23. The van der Waals surface area contributed by atoms with E-state index in [1.807, 2.05) is 0 Å². The Labute approximate surface area is 118 Å². The Bertz CT molecular complexity index is 469. The van der Waals surface area contributed by atoms with Gasteiger partial charge in [-0.2, -0.15) is 0 Å². The van der Waals surface area contributed by atoms with E-state index in [9.17, 15) is 15.0 Å². The van der Waals surface area contributed by atoms with Crippen molar-refractivity contribution in [1.82, 2.24) is 0 Å². The molecule has 1 aromatic carbocycles. The molecule has 0 fully saturated rings. The van der Waals surface area contributed by atoms with Gasteiger partial charge in [0.1, 0.15) is 11.4 Å². The maximum Gasteiger partial charge on any atom is 0.412 e. The van der Waals surface area contributed by atoms with Gasteiger partial charge in [0.05, 0.1) is 11.8 Å². The Balaban J connectivity index is 2.76. The van der Waals surface area contributed by atoms with Crippen LogP contribution in [0, 0.1) is 0 Å². The molecule has 1 aromatic rings. The van der Waals surface area contributed by atoms with Crippen LogP contribution in [0.2, 0.25) is 0 Å². The van der Waals surface area contributed by atoms with Crippen LogP contribution in [-0.4, -0.2) is 28.5 Å². The molecule has 1 rings (SSSR count). The quantitative estimate of drug-likeness (QED) is 0.633. The molecule has 0 saturated carbocycles. The first-order valence-electron chi connectivity index (χ1n) is 6.44.